The average Bonchev–Trinajstić information content (AvgIpc) is 3.63. The van der Waals surface area contributed by atoms with Crippen molar-refractivity contribution < 1.29 is 27.4 Å². The van der Waals surface area contributed by atoms with Crippen LogP contribution in [-0.4, -0.2) is 65.5 Å². The van der Waals surface area contributed by atoms with Crippen molar-refractivity contribution in [3.05, 3.63) is 42.1 Å². The van der Waals surface area contributed by atoms with Gasteiger partial charge in [0.05, 0.1) is 30.6 Å². The number of alkyl halides is 3. The second-order valence-corrected chi connectivity index (χ2v) is 10.5. The van der Waals surface area contributed by atoms with Crippen LogP contribution in [0.2, 0.25) is 0 Å². The number of rotatable bonds is 8. The maximum absolute atomic E-state index is 13.0. The minimum Gasteiger partial charge on any atom is -0.415 e. The molecule has 0 saturated heterocycles. The number of nitrogens with zero attached hydrogens (tertiary/aromatic N) is 7. The molecule has 5 rings (SSSR count). The van der Waals surface area contributed by atoms with E-state index in [9.17, 15) is 18.3 Å². The zero-order valence-electron chi connectivity index (χ0n) is 22.1. The standard InChI is InChI=1S/C25H31F3N8O3/c1-14(13-38-4)31-23-29-11-20-18(9-19(36(20)34-23)15-5-7-17(37)8-6-15)16-10-30-35(12-16)24(2,3)21-32-33-22(39-21)25(26,27)28/h9-12,14-15,17,37H,5-8,13H2,1-4H3,(H,31,34)/t14-,15?,17?/m0/s1. The fourth-order valence-electron chi connectivity index (χ4n) is 4.94. The molecule has 14 heteroatoms. The quantitative estimate of drug-likeness (QED) is 0.332. The highest BCUT2D eigenvalue weighted by Gasteiger charge is 2.41. The molecule has 0 spiro atoms. The molecule has 0 radical (unpaired) electrons. The third-order valence-corrected chi connectivity index (χ3v) is 7.11. The van der Waals surface area contributed by atoms with Gasteiger partial charge >= 0.3 is 12.1 Å². The van der Waals surface area contributed by atoms with Crippen molar-refractivity contribution in [3.63, 3.8) is 0 Å². The number of hydrogen-bond acceptors (Lipinski definition) is 9. The first-order valence-electron chi connectivity index (χ1n) is 12.8. The molecule has 4 heterocycles. The Hall–Kier alpha value is -3.52. The molecule has 1 saturated carbocycles. The first kappa shape index (κ1) is 27.1. The summed E-state index contributed by atoms with van der Waals surface area (Å²) in [6.45, 7) is 5.76. The van der Waals surface area contributed by atoms with Crippen molar-refractivity contribution >= 4 is 11.5 Å². The number of methoxy groups -OCH3 is 1. The molecule has 1 atom stereocenters. The molecular weight excluding hydrogens is 517 g/mol. The van der Waals surface area contributed by atoms with E-state index in [1.165, 1.54) is 4.68 Å². The van der Waals surface area contributed by atoms with E-state index in [0.717, 1.165) is 35.2 Å². The predicted octanol–water partition coefficient (Wildman–Crippen LogP) is 4.24. The molecule has 4 aromatic rings. The minimum absolute atomic E-state index is 0.00112. The summed E-state index contributed by atoms with van der Waals surface area (Å²) in [6.07, 6.45) is 3.15. The van der Waals surface area contributed by atoms with Gasteiger partial charge in [-0.05, 0) is 52.5 Å². The van der Waals surface area contributed by atoms with E-state index in [2.05, 4.69) is 31.7 Å². The van der Waals surface area contributed by atoms with Crippen molar-refractivity contribution in [1.82, 2.24) is 34.6 Å². The number of aliphatic hydroxyl groups excluding tert-OH is 1. The Kier molecular flexibility index (Phi) is 7.10. The normalized spacial score (nSPS) is 19.5. The van der Waals surface area contributed by atoms with Gasteiger partial charge in [0, 0.05) is 42.1 Å². The lowest BCUT2D eigenvalue weighted by Gasteiger charge is -2.25. The smallest absolute Gasteiger partial charge is 0.415 e. The summed E-state index contributed by atoms with van der Waals surface area (Å²) in [7, 11) is 1.63. The number of fused-ring (bicyclic) bond motifs is 1. The number of nitrogens with one attached hydrogen (secondary N) is 1. The largest absolute Gasteiger partial charge is 0.470 e. The van der Waals surface area contributed by atoms with Crippen LogP contribution >= 0.6 is 0 Å². The molecular formula is C25H31F3N8O3. The van der Waals surface area contributed by atoms with Gasteiger partial charge in [-0.15, -0.1) is 15.3 Å². The van der Waals surface area contributed by atoms with E-state index in [1.54, 1.807) is 39.5 Å². The highest BCUT2D eigenvalue weighted by molar-refractivity contribution is 5.81. The van der Waals surface area contributed by atoms with Crippen molar-refractivity contribution in [3.8, 4) is 11.1 Å². The van der Waals surface area contributed by atoms with Crippen LogP contribution in [0.25, 0.3) is 16.6 Å². The van der Waals surface area contributed by atoms with Crippen molar-refractivity contribution in [2.24, 2.45) is 0 Å². The van der Waals surface area contributed by atoms with E-state index in [1.807, 2.05) is 11.4 Å². The highest BCUT2D eigenvalue weighted by Crippen LogP contribution is 2.38. The molecule has 1 fully saturated rings. The van der Waals surface area contributed by atoms with E-state index < -0.39 is 17.6 Å². The average molecular weight is 549 g/mol. The SMILES string of the molecule is COC[C@H](C)Nc1ncc2c(-c3cnn(C(C)(C)c4nnc(C(F)(F)F)o4)c3)cc(C3CCC(O)CC3)n2n1. The summed E-state index contributed by atoms with van der Waals surface area (Å²) in [5.74, 6) is -0.962. The maximum atomic E-state index is 13.0. The Bertz CT molecular complexity index is 1440. The summed E-state index contributed by atoms with van der Waals surface area (Å²) in [5, 5.41) is 29.3. The molecule has 0 aromatic carbocycles. The van der Waals surface area contributed by atoms with Gasteiger partial charge in [-0.2, -0.15) is 18.3 Å². The van der Waals surface area contributed by atoms with Gasteiger partial charge in [0.15, 0.2) is 0 Å². The summed E-state index contributed by atoms with van der Waals surface area (Å²) in [6, 6.07) is 2.05. The lowest BCUT2D eigenvalue weighted by atomic mass is 9.85. The zero-order valence-corrected chi connectivity index (χ0v) is 22.1. The van der Waals surface area contributed by atoms with Gasteiger partial charge in [0.25, 0.3) is 0 Å². The first-order chi connectivity index (χ1) is 18.5. The summed E-state index contributed by atoms with van der Waals surface area (Å²) >= 11 is 0. The summed E-state index contributed by atoms with van der Waals surface area (Å²) < 4.78 is 52.6. The third kappa shape index (κ3) is 5.35. The van der Waals surface area contributed by atoms with Crippen molar-refractivity contribution in [2.45, 2.75) is 76.2 Å². The highest BCUT2D eigenvalue weighted by atomic mass is 19.4. The fraction of sp³-hybridized carbons (Fsp3) is 0.560. The molecule has 0 bridgehead atoms. The van der Waals surface area contributed by atoms with E-state index >= 15 is 0 Å². The third-order valence-electron chi connectivity index (χ3n) is 7.11. The van der Waals surface area contributed by atoms with Crippen molar-refractivity contribution in [2.75, 3.05) is 19.0 Å². The summed E-state index contributed by atoms with van der Waals surface area (Å²) in [4.78, 5) is 4.51. The second kappa shape index (κ2) is 10.2. The molecule has 1 aliphatic rings. The molecule has 11 nitrogen and oxygen atoms in total. The number of aromatic nitrogens is 7. The number of anilines is 1. The van der Waals surface area contributed by atoms with Gasteiger partial charge in [-0.1, -0.05) is 0 Å². The topological polar surface area (TPSA) is 128 Å². The Morgan fingerprint density at radius 3 is 2.54 bits per heavy atom. The van der Waals surface area contributed by atoms with Gasteiger partial charge < -0.3 is 19.6 Å². The lowest BCUT2D eigenvalue weighted by molar-refractivity contribution is -0.158. The van der Waals surface area contributed by atoms with E-state index in [0.29, 0.717) is 25.4 Å². The second-order valence-electron chi connectivity index (χ2n) is 10.5. The van der Waals surface area contributed by atoms with Crippen LogP contribution in [0.15, 0.2) is 29.1 Å². The fourth-order valence-corrected chi connectivity index (χ4v) is 4.94. The summed E-state index contributed by atoms with van der Waals surface area (Å²) in [5.41, 5.74) is 2.18. The number of aliphatic hydroxyl groups is 1. The Balaban J connectivity index is 1.52. The Labute approximate surface area is 222 Å². The van der Waals surface area contributed by atoms with E-state index in [-0.39, 0.29) is 24.0 Å². The molecule has 2 N–H and O–H groups in total. The maximum Gasteiger partial charge on any atom is 0.470 e. The molecule has 210 valence electrons. The zero-order chi connectivity index (χ0) is 27.9. The monoisotopic (exact) mass is 548 g/mol. The van der Waals surface area contributed by atoms with Crippen LogP contribution in [0, 0.1) is 0 Å². The predicted molar refractivity (Wildman–Crippen MR) is 134 cm³/mol. The Morgan fingerprint density at radius 2 is 1.87 bits per heavy atom. The number of ether oxygens (including phenoxy) is 1. The van der Waals surface area contributed by atoms with Gasteiger partial charge in [-0.25, -0.2) is 9.50 Å². The first-order valence-corrected chi connectivity index (χ1v) is 12.8. The Morgan fingerprint density at radius 1 is 1.15 bits per heavy atom. The van der Waals surface area contributed by atoms with Crippen molar-refractivity contribution in [1.29, 1.82) is 0 Å². The van der Waals surface area contributed by atoms with Crippen LogP contribution in [0.5, 0.6) is 0 Å². The van der Waals surface area contributed by atoms with Gasteiger partial charge in [0.1, 0.15) is 5.54 Å². The number of hydrogen-bond donors (Lipinski definition) is 2. The van der Waals surface area contributed by atoms with Gasteiger partial charge in [0.2, 0.25) is 11.8 Å². The molecule has 0 aliphatic heterocycles. The number of halogens is 3. The molecule has 0 amide bonds. The molecule has 0 unspecified atom stereocenters. The van der Waals surface area contributed by atoms with Crippen LogP contribution in [0.3, 0.4) is 0 Å². The molecule has 4 aromatic heterocycles. The minimum atomic E-state index is -4.73. The van der Waals surface area contributed by atoms with Crippen LogP contribution < -0.4 is 5.32 Å². The molecule has 39 heavy (non-hydrogen) atoms. The van der Waals surface area contributed by atoms with Crippen LogP contribution in [0.1, 0.15) is 69.8 Å². The van der Waals surface area contributed by atoms with Gasteiger partial charge in [-0.3, -0.25) is 4.68 Å². The van der Waals surface area contributed by atoms with E-state index in [4.69, 9.17) is 14.3 Å². The molecule has 1 aliphatic carbocycles. The lowest BCUT2D eigenvalue weighted by Crippen LogP contribution is -2.28. The van der Waals surface area contributed by atoms with Crippen LogP contribution in [0.4, 0.5) is 19.1 Å². The van der Waals surface area contributed by atoms with Crippen LogP contribution in [-0.2, 0) is 16.5 Å².